The van der Waals surface area contributed by atoms with Crippen LogP contribution in [0.1, 0.15) is 71.9 Å². The summed E-state index contributed by atoms with van der Waals surface area (Å²) in [5.74, 6) is 1.43. The first-order chi connectivity index (χ1) is 20.3. The van der Waals surface area contributed by atoms with Crippen molar-refractivity contribution in [2.45, 2.75) is 57.5 Å². The van der Waals surface area contributed by atoms with E-state index >= 15 is 0 Å². The minimum absolute atomic E-state index is 0.0534. The molecule has 0 bridgehead atoms. The van der Waals surface area contributed by atoms with Crippen LogP contribution in [0.3, 0.4) is 0 Å². The van der Waals surface area contributed by atoms with Gasteiger partial charge in [0.2, 0.25) is 0 Å². The number of aromatic nitrogens is 2. The van der Waals surface area contributed by atoms with E-state index in [0.29, 0.717) is 41.5 Å². The lowest BCUT2D eigenvalue weighted by molar-refractivity contribution is 0.0931. The molecule has 0 aliphatic carbocycles. The summed E-state index contributed by atoms with van der Waals surface area (Å²) < 4.78 is 5.19. The second-order valence-electron chi connectivity index (χ2n) is 11.4. The normalized spacial score (nSPS) is 18.1. The topological polar surface area (TPSA) is 126 Å². The van der Waals surface area contributed by atoms with Crippen molar-refractivity contribution < 1.29 is 14.3 Å². The van der Waals surface area contributed by atoms with E-state index in [9.17, 15) is 9.59 Å². The zero-order valence-electron chi connectivity index (χ0n) is 24.7. The maximum absolute atomic E-state index is 12.8. The number of primary amides is 1. The van der Waals surface area contributed by atoms with Crippen molar-refractivity contribution >= 4 is 29.1 Å². The molecule has 1 atom stereocenters. The predicted octanol–water partition coefficient (Wildman–Crippen LogP) is 4.31. The van der Waals surface area contributed by atoms with Crippen molar-refractivity contribution in [1.82, 2.24) is 20.2 Å². The van der Waals surface area contributed by atoms with E-state index in [0.717, 1.165) is 51.0 Å². The highest BCUT2D eigenvalue weighted by Gasteiger charge is 2.25. The summed E-state index contributed by atoms with van der Waals surface area (Å²) >= 11 is 0. The number of hydrogen-bond acceptors (Lipinski definition) is 8. The van der Waals surface area contributed by atoms with Crippen LogP contribution in [-0.2, 0) is 0 Å². The van der Waals surface area contributed by atoms with Gasteiger partial charge in [-0.1, -0.05) is 12.1 Å². The van der Waals surface area contributed by atoms with E-state index in [1.165, 1.54) is 5.56 Å². The number of amides is 2. The minimum Gasteiger partial charge on any atom is -0.497 e. The smallest absolute Gasteiger partial charge is 0.271 e. The molecule has 2 aliphatic rings. The number of methoxy groups -OCH3 is 1. The van der Waals surface area contributed by atoms with Crippen LogP contribution in [0.25, 0.3) is 0 Å². The monoisotopic (exact) mass is 571 g/mol. The molecule has 2 fully saturated rings. The van der Waals surface area contributed by atoms with Gasteiger partial charge in [0, 0.05) is 36.4 Å². The average Bonchev–Trinajstić information content (AvgIpc) is 3.01. The molecule has 0 radical (unpaired) electrons. The van der Waals surface area contributed by atoms with Crippen LogP contribution in [0, 0.1) is 0 Å². The van der Waals surface area contributed by atoms with Crippen molar-refractivity contribution in [3.8, 4) is 5.75 Å². The predicted molar refractivity (Wildman–Crippen MR) is 165 cm³/mol. The van der Waals surface area contributed by atoms with E-state index in [2.05, 4.69) is 51.4 Å². The van der Waals surface area contributed by atoms with E-state index in [1.807, 2.05) is 12.1 Å². The Labute approximate surface area is 247 Å². The van der Waals surface area contributed by atoms with Crippen molar-refractivity contribution in [2.24, 2.45) is 5.73 Å². The fourth-order valence-electron chi connectivity index (χ4n) is 5.84. The standard InChI is InChI=1S/C32H41N7O3/c1-21(2)38-17-14-23(15-18-38)22-6-10-25(11-7-22)35-31-29(30(33)40)34-19-28(37-31)39-16-4-5-26(20-39)36-32(41)24-8-12-27(42-3)13-9-24/h6-13,19,21,23,26H,4-5,14-18,20H2,1-3H3,(H2,33,40)(H,35,37)(H,36,41)/t26-/m1/s1. The molecule has 4 N–H and O–H groups in total. The first-order valence-corrected chi connectivity index (χ1v) is 14.8. The number of nitrogens with zero attached hydrogens (tertiary/aromatic N) is 4. The molecule has 0 unspecified atom stereocenters. The summed E-state index contributed by atoms with van der Waals surface area (Å²) in [4.78, 5) is 38.8. The zero-order chi connectivity index (χ0) is 29.6. The van der Waals surface area contributed by atoms with Crippen LogP contribution in [0.4, 0.5) is 17.3 Å². The fraction of sp³-hybridized carbons (Fsp3) is 0.438. The highest BCUT2D eigenvalue weighted by molar-refractivity contribution is 5.96. The lowest BCUT2D eigenvalue weighted by Gasteiger charge is -2.34. The van der Waals surface area contributed by atoms with Gasteiger partial charge in [-0.15, -0.1) is 0 Å². The first kappa shape index (κ1) is 29.3. The molecule has 222 valence electrons. The van der Waals surface area contributed by atoms with Crippen LogP contribution >= 0.6 is 0 Å². The van der Waals surface area contributed by atoms with Gasteiger partial charge in [-0.25, -0.2) is 9.97 Å². The summed E-state index contributed by atoms with van der Waals surface area (Å²) in [5, 5.41) is 6.40. The van der Waals surface area contributed by atoms with Gasteiger partial charge in [-0.2, -0.15) is 0 Å². The first-order valence-electron chi connectivity index (χ1n) is 14.8. The molecule has 10 heteroatoms. The maximum Gasteiger partial charge on any atom is 0.271 e. The van der Waals surface area contributed by atoms with Crippen LogP contribution in [0.5, 0.6) is 5.75 Å². The Morgan fingerprint density at radius 2 is 1.71 bits per heavy atom. The zero-order valence-corrected chi connectivity index (χ0v) is 24.7. The Morgan fingerprint density at radius 3 is 2.36 bits per heavy atom. The van der Waals surface area contributed by atoms with Gasteiger partial charge in [-0.3, -0.25) is 9.59 Å². The van der Waals surface area contributed by atoms with Crippen molar-refractivity contribution in [3.63, 3.8) is 0 Å². The van der Waals surface area contributed by atoms with Gasteiger partial charge < -0.3 is 30.9 Å². The van der Waals surface area contributed by atoms with Gasteiger partial charge in [0.1, 0.15) is 11.6 Å². The van der Waals surface area contributed by atoms with E-state index in [4.69, 9.17) is 15.5 Å². The average molecular weight is 572 g/mol. The highest BCUT2D eigenvalue weighted by atomic mass is 16.5. The summed E-state index contributed by atoms with van der Waals surface area (Å²) in [6.07, 6.45) is 5.63. The van der Waals surface area contributed by atoms with E-state index in [1.54, 1.807) is 37.6 Å². The van der Waals surface area contributed by atoms with Gasteiger partial charge >= 0.3 is 0 Å². The summed E-state index contributed by atoms with van der Waals surface area (Å²) in [6.45, 7) is 8.10. The highest BCUT2D eigenvalue weighted by Crippen LogP contribution is 2.30. The SMILES string of the molecule is COc1ccc(C(=O)N[C@@H]2CCCN(c3cnc(C(N)=O)c(Nc4ccc(C5CCN(C(C)C)CC5)cc4)n3)C2)cc1. The molecular weight excluding hydrogens is 530 g/mol. The molecule has 2 aliphatic heterocycles. The molecular formula is C32H41N7O3. The Morgan fingerprint density at radius 1 is 1.00 bits per heavy atom. The van der Waals surface area contributed by atoms with Crippen molar-refractivity contribution in [1.29, 1.82) is 0 Å². The third kappa shape index (κ3) is 6.99. The third-order valence-electron chi connectivity index (χ3n) is 8.33. The summed E-state index contributed by atoms with van der Waals surface area (Å²) in [7, 11) is 1.60. The van der Waals surface area contributed by atoms with Crippen molar-refractivity contribution in [2.75, 3.05) is 43.5 Å². The fourth-order valence-corrected chi connectivity index (χ4v) is 5.84. The Kier molecular flexibility index (Phi) is 9.22. The van der Waals surface area contributed by atoms with Crippen molar-refractivity contribution in [3.05, 3.63) is 71.5 Å². The molecule has 0 spiro atoms. The van der Waals surface area contributed by atoms with Crippen LogP contribution < -0.4 is 26.0 Å². The lowest BCUT2D eigenvalue weighted by Crippen LogP contribution is -2.48. The number of benzene rings is 2. The lowest BCUT2D eigenvalue weighted by atomic mass is 9.89. The number of anilines is 3. The second kappa shape index (κ2) is 13.2. The Bertz CT molecular complexity index is 1370. The number of piperidine rings is 2. The molecule has 2 aromatic carbocycles. The molecule has 3 heterocycles. The number of carbonyl (C=O) groups is 2. The number of carbonyl (C=O) groups excluding carboxylic acids is 2. The molecule has 5 rings (SSSR count). The largest absolute Gasteiger partial charge is 0.497 e. The molecule has 10 nitrogen and oxygen atoms in total. The quantitative estimate of drug-likeness (QED) is 0.347. The molecule has 0 saturated carbocycles. The number of hydrogen-bond donors (Lipinski definition) is 3. The molecule has 3 aromatic rings. The third-order valence-corrected chi connectivity index (χ3v) is 8.33. The minimum atomic E-state index is -0.645. The summed E-state index contributed by atoms with van der Waals surface area (Å²) in [6, 6.07) is 15.9. The van der Waals surface area contributed by atoms with Crippen LogP contribution in [0.15, 0.2) is 54.7 Å². The Hall–Kier alpha value is -4.18. The number of ether oxygens (including phenoxy) is 1. The molecule has 2 saturated heterocycles. The summed E-state index contributed by atoms with van der Waals surface area (Å²) in [5.41, 5.74) is 8.46. The molecule has 2 amide bonds. The number of nitrogens with two attached hydrogens (primary N) is 1. The Balaban J connectivity index is 1.25. The number of rotatable bonds is 9. The molecule has 42 heavy (non-hydrogen) atoms. The van der Waals surface area contributed by atoms with E-state index in [-0.39, 0.29) is 17.6 Å². The van der Waals surface area contributed by atoms with Gasteiger partial charge in [-0.05, 0) is 100 Å². The second-order valence-corrected chi connectivity index (χ2v) is 11.4. The number of nitrogens with one attached hydrogen (secondary N) is 2. The van der Waals surface area contributed by atoms with Crippen LogP contribution in [0.2, 0.25) is 0 Å². The van der Waals surface area contributed by atoms with E-state index < -0.39 is 5.91 Å². The van der Waals surface area contributed by atoms with Gasteiger partial charge in [0.05, 0.1) is 13.3 Å². The van der Waals surface area contributed by atoms with Gasteiger partial charge in [0.15, 0.2) is 11.5 Å². The molecule has 1 aromatic heterocycles. The van der Waals surface area contributed by atoms with Gasteiger partial charge in [0.25, 0.3) is 11.8 Å². The number of likely N-dealkylation sites (tertiary alicyclic amines) is 1. The van der Waals surface area contributed by atoms with Crippen LogP contribution in [-0.4, -0.2) is 72.1 Å². The maximum atomic E-state index is 12.8.